The molecule has 0 aromatic carbocycles. The number of nitrogens with zero attached hydrogens (tertiary/aromatic N) is 1. The van der Waals surface area contributed by atoms with Gasteiger partial charge in [0.2, 0.25) is 0 Å². The van der Waals surface area contributed by atoms with Crippen molar-refractivity contribution in [1.29, 1.82) is 0 Å². The number of nitrogens with one attached hydrogen (secondary N) is 1. The average Bonchev–Trinajstić information content (AvgIpc) is 2.60. The third-order valence-electron chi connectivity index (χ3n) is 2.01. The van der Waals surface area contributed by atoms with Gasteiger partial charge in [0.15, 0.2) is 0 Å². The van der Waals surface area contributed by atoms with Gasteiger partial charge in [-0.2, -0.15) is 4.37 Å². The van der Waals surface area contributed by atoms with Crippen molar-refractivity contribution >= 4 is 23.4 Å². The zero-order valence-corrected chi connectivity index (χ0v) is 9.30. The molecule has 0 fully saturated rings. The average molecular weight is 228 g/mol. The summed E-state index contributed by atoms with van der Waals surface area (Å²) in [4.78, 5) is 22.3. The van der Waals surface area contributed by atoms with Crippen molar-refractivity contribution in [3.05, 3.63) is 16.6 Å². The highest BCUT2D eigenvalue weighted by Gasteiger charge is 2.20. The first kappa shape index (κ1) is 11.6. The van der Waals surface area contributed by atoms with Crippen LogP contribution in [0.5, 0.6) is 0 Å². The molecule has 6 heteroatoms. The third-order valence-corrected chi connectivity index (χ3v) is 2.73. The third kappa shape index (κ3) is 2.76. The summed E-state index contributed by atoms with van der Waals surface area (Å²) < 4.78 is 3.95. The summed E-state index contributed by atoms with van der Waals surface area (Å²) in [5, 5.41) is 12.8. The summed E-state index contributed by atoms with van der Waals surface area (Å²) in [7, 11) is 0. The Kier molecular flexibility index (Phi) is 3.79. The molecular formula is C9H12N2O3S. The topological polar surface area (TPSA) is 79.3 Å². The Bertz CT molecular complexity index is 375. The number of carbonyl (C=O) groups is 2. The molecule has 0 aliphatic rings. The van der Waals surface area contributed by atoms with Crippen molar-refractivity contribution in [2.24, 2.45) is 0 Å². The minimum absolute atomic E-state index is 0.359. The van der Waals surface area contributed by atoms with E-state index < -0.39 is 12.0 Å². The zero-order valence-electron chi connectivity index (χ0n) is 8.48. The van der Waals surface area contributed by atoms with Gasteiger partial charge in [-0.05, 0) is 24.9 Å². The second kappa shape index (κ2) is 4.88. The van der Waals surface area contributed by atoms with Gasteiger partial charge in [0.1, 0.15) is 6.04 Å². The van der Waals surface area contributed by atoms with Crippen molar-refractivity contribution in [2.75, 3.05) is 0 Å². The second-order valence-electron chi connectivity index (χ2n) is 3.09. The molecule has 0 saturated carbocycles. The highest BCUT2D eigenvalue weighted by Crippen LogP contribution is 2.09. The monoisotopic (exact) mass is 228 g/mol. The Morgan fingerprint density at radius 1 is 1.67 bits per heavy atom. The molecule has 2 N–H and O–H groups in total. The molecule has 0 saturated heterocycles. The fourth-order valence-electron chi connectivity index (χ4n) is 1.08. The highest BCUT2D eigenvalue weighted by molar-refractivity contribution is 7.03. The van der Waals surface area contributed by atoms with Gasteiger partial charge in [-0.25, -0.2) is 4.79 Å². The molecule has 0 spiro atoms. The first-order chi connectivity index (χ1) is 7.06. The van der Waals surface area contributed by atoms with Crippen molar-refractivity contribution in [3.8, 4) is 0 Å². The minimum Gasteiger partial charge on any atom is -0.480 e. The molecular weight excluding hydrogens is 216 g/mol. The van der Waals surface area contributed by atoms with Crippen LogP contribution in [-0.4, -0.2) is 27.4 Å². The van der Waals surface area contributed by atoms with Crippen LogP contribution < -0.4 is 5.32 Å². The van der Waals surface area contributed by atoms with E-state index in [9.17, 15) is 9.59 Å². The molecule has 1 aromatic heterocycles. The van der Waals surface area contributed by atoms with Crippen LogP contribution in [0.4, 0.5) is 0 Å². The van der Waals surface area contributed by atoms with Crippen LogP contribution in [0.1, 0.15) is 29.4 Å². The largest absolute Gasteiger partial charge is 0.480 e. The predicted octanol–water partition coefficient (Wildman–Crippen LogP) is 1.04. The summed E-state index contributed by atoms with van der Waals surface area (Å²) >= 11 is 1.18. The number of aliphatic carboxylic acids is 1. The van der Waals surface area contributed by atoms with Crippen molar-refractivity contribution in [1.82, 2.24) is 9.69 Å². The molecule has 1 atom stereocenters. The molecule has 0 aliphatic heterocycles. The maximum Gasteiger partial charge on any atom is 0.326 e. The van der Waals surface area contributed by atoms with E-state index in [0.717, 1.165) is 0 Å². The number of carboxylic acid groups (broad SMARTS) is 1. The Morgan fingerprint density at radius 3 is 2.73 bits per heavy atom. The van der Waals surface area contributed by atoms with Gasteiger partial charge in [-0.1, -0.05) is 6.92 Å². The lowest BCUT2D eigenvalue weighted by molar-refractivity contribution is -0.139. The summed E-state index contributed by atoms with van der Waals surface area (Å²) in [5.74, 6) is -1.40. The van der Waals surface area contributed by atoms with Gasteiger partial charge in [0, 0.05) is 5.38 Å². The molecule has 5 nitrogen and oxygen atoms in total. The Balaban J connectivity index is 2.71. The lowest BCUT2D eigenvalue weighted by Crippen LogP contribution is -2.40. The number of aromatic nitrogens is 1. The molecule has 1 unspecified atom stereocenters. The summed E-state index contributed by atoms with van der Waals surface area (Å²) in [6.45, 7) is 3.42. The van der Waals surface area contributed by atoms with Gasteiger partial charge in [0.25, 0.3) is 5.91 Å². The molecule has 1 heterocycles. The Labute approximate surface area is 91.3 Å². The fraction of sp³-hybridized carbons (Fsp3) is 0.444. The van der Waals surface area contributed by atoms with E-state index in [0.29, 0.717) is 17.7 Å². The fourth-order valence-corrected chi connectivity index (χ4v) is 1.78. The minimum atomic E-state index is -1.02. The summed E-state index contributed by atoms with van der Waals surface area (Å²) in [5.41, 5.74) is 1.07. The van der Waals surface area contributed by atoms with Crippen LogP contribution in [0.3, 0.4) is 0 Å². The maximum absolute atomic E-state index is 11.6. The van der Waals surface area contributed by atoms with Crippen LogP contribution in [0.2, 0.25) is 0 Å². The Hall–Kier alpha value is -1.43. The summed E-state index contributed by atoms with van der Waals surface area (Å²) in [6, 6.07) is -0.836. The highest BCUT2D eigenvalue weighted by atomic mass is 32.1. The van der Waals surface area contributed by atoms with Gasteiger partial charge < -0.3 is 10.4 Å². The van der Waals surface area contributed by atoms with E-state index >= 15 is 0 Å². The molecule has 1 aromatic rings. The predicted molar refractivity (Wildman–Crippen MR) is 56.0 cm³/mol. The summed E-state index contributed by atoms with van der Waals surface area (Å²) in [6.07, 6.45) is 0.359. The zero-order chi connectivity index (χ0) is 11.4. The van der Waals surface area contributed by atoms with E-state index in [2.05, 4.69) is 9.69 Å². The lowest BCUT2D eigenvalue weighted by atomic mass is 10.2. The number of hydrogen-bond acceptors (Lipinski definition) is 4. The van der Waals surface area contributed by atoms with Gasteiger partial charge in [0.05, 0.1) is 11.3 Å². The number of amides is 1. The quantitative estimate of drug-likeness (QED) is 0.807. The number of carboxylic acids is 1. The molecule has 0 bridgehead atoms. The van der Waals surface area contributed by atoms with Crippen molar-refractivity contribution in [3.63, 3.8) is 0 Å². The normalized spacial score (nSPS) is 12.1. The first-order valence-electron chi connectivity index (χ1n) is 4.51. The molecule has 1 rings (SSSR count). The van der Waals surface area contributed by atoms with Gasteiger partial charge in [-0.3, -0.25) is 4.79 Å². The van der Waals surface area contributed by atoms with Crippen LogP contribution >= 0.6 is 11.5 Å². The number of aryl methyl sites for hydroxylation is 1. The van der Waals surface area contributed by atoms with Crippen molar-refractivity contribution in [2.45, 2.75) is 26.3 Å². The first-order valence-corrected chi connectivity index (χ1v) is 5.34. The van der Waals surface area contributed by atoms with Crippen LogP contribution in [0.15, 0.2) is 5.38 Å². The SMILES string of the molecule is CCC(NC(=O)c1csnc1C)C(=O)O. The van der Waals surface area contributed by atoms with Gasteiger partial charge >= 0.3 is 5.97 Å². The van der Waals surface area contributed by atoms with Gasteiger partial charge in [-0.15, -0.1) is 0 Å². The van der Waals surface area contributed by atoms with Crippen molar-refractivity contribution < 1.29 is 14.7 Å². The van der Waals surface area contributed by atoms with E-state index in [1.165, 1.54) is 11.5 Å². The van der Waals surface area contributed by atoms with Crippen LogP contribution in [0.25, 0.3) is 0 Å². The molecule has 0 aliphatic carbocycles. The van der Waals surface area contributed by atoms with Crippen LogP contribution in [-0.2, 0) is 4.79 Å². The number of rotatable bonds is 4. The molecule has 0 radical (unpaired) electrons. The van der Waals surface area contributed by atoms with E-state index in [4.69, 9.17) is 5.11 Å². The second-order valence-corrected chi connectivity index (χ2v) is 3.72. The molecule has 82 valence electrons. The van der Waals surface area contributed by atoms with E-state index in [1.807, 2.05) is 0 Å². The van der Waals surface area contributed by atoms with E-state index in [1.54, 1.807) is 19.2 Å². The molecule has 1 amide bonds. The lowest BCUT2D eigenvalue weighted by Gasteiger charge is -2.11. The maximum atomic E-state index is 11.6. The number of hydrogen-bond donors (Lipinski definition) is 2. The van der Waals surface area contributed by atoms with E-state index in [-0.39, 0.29) is 5.91 Å². The Morgan fingerprint density at radius 2 is 2.33 bits per heavy atom. The smallest absolute Gasteiger partial charge is 0.326 e. The van der Waals surface area contributed by atoms with Crippen LogP contribution in [0, 0.1) is 6.92 Å². The number of carbonyl (C=O) groups excluding carboxylic acids is 1. The standard InChI is InChI=1S/C9H12N2O3S/c1-3-7(9(13)14)10-8(12)6-4-15-11-5(6)2/h4,7H,3H2,1-2H3,(H,10,12)(H,13,14). The molecule has 15 heavy (non-hydrogen) atoms.